The molecule has 0 aliphatic heterocycles. The summed E-state index contributed by atoms with van der Waals surface area (Å²) >= 11 is 0. The maximum Gasteiger partial charge on any atom is 0.330 e. The minimum atomic E-state index is -4.23. The summed E-state index contributed by atoms with van der Waals surface area (Å²) in [6, 6.07) is -0.895. The highest BCUT2D eigenvalue weighted by Crippen LogP contribution is 2.23. The van der Waals surface area contributed by atoms with E-state index in [2.05, 4.69) is 19.4 Å². The van der Waals surface area contributed by atoms with Crippen LogP contribution in [0.5, 0.6) is 0 Å². The predicted molar refractivity (Wildman–Crippen MR) is 48.9 cm³/mol. The highest BCUT2D eigenvalue weighted by atomic mass is 19.3. The summed E-state index contributed by atoms with van der Waals surface area (Å²) in [6.07, 6.45) is -3.80. The van der Waals surface area contributed by atoms with Crippen molar-refractivity contribution < 1.29 is 31.9 Å². The van der Waals surface area contributed by atoms with Crippen LogP contribution in [0.2, 0.25) is 0 Å². The van der Waals surface area contributed by atoms with Crippen LogP contribution >= 0.6 is 0 Å². The number of halogens is 4. The van der Waals surface area contributed by atoms with Gasteiger partial charge in [0.25, 0.3) is 0 Å². The maximum atomic E-state index is 12.4. The van der Waals surface area contributed by atoms with Crippen LogP contribution < -0.4 is 5.73 Å². The first-order valence-corrected chi connectivity index (χ1v) is 4.79. The first-order valence-electron chi connectivity index (χ1n) is 4.79. The summed E-state index contributed by atoms with van der Waals surface area (Å²) in [6.45, 7) is -2.42. The molecular weight excluding hydrogens is 262 g/mol. The van der Waals surface area contributed by atoms with Gasteiger partial charge in [-0.05, 0) is 0 Å². The Kier molecular flexibility index (Phi) is 4.99. The van der Waals surface area contributed by atoms with Crippen LogP contribution in [-0.4, -0.2) is 40.8 Å². The number of hydrogen-bond acceptors (Lipinski definition) is 6. The molecule has 0 radical (unpaired) electrons. The second kappa shape index (κ2) is 6.07. The van der Waals surface area contributed by atoms with E-state index in [4.69, 9.17) is 10.8 Å². The second-order valence-electron chi connectivity index (χ2n) is 3.39. The minimum Gasteiger partial charge on any atom is -0.394 e. The van der Waals surface area contributed by atoms with Gasteiger partial charge in [-0.2, -0.15) is 13.8 Å². The number of aliphatic hydroxyl groups is 1. The van der Waals surface area contributed by atoms with Crippen molar-refractivity contribution in [2.75, 3.05) is 13.2 Å². The first-order chi connectivity index (χ1) is 8.36. The fourth-order valence-electron chi connectivity index (χ4n) is 0.896. The van der Waals surface area contributed by atoms with Gasteiger partial charge in [0.1, 0.15) is 19.3 Å². The number of nitrogens with zero attached hydrogens (tertiary/aromatic N) is 2. The molecule has 10 heteroatoms. The Morgan fingerprint density at radius 3 is 2.67 bits per heavy atom. The number of hydrogen-bond donors (Lipinski definition) is 2. The molecule has 104 valence electrons. The largest absolute Gasteiger partial charge is 0.394 e. The summed E-state index contributed by atoms with van der Waals surface area (Å²) in [4.78, 5) is 3.63. The molecule has 1 rings (SSSR count). The van der Waals surface area contributed by atoms with Gasteiger partial charge in [0.2, 0.25) is 5.89 Å². The Hall–Kier alpha value is -1.26. The molecule has 0 aliphatic carbocycles. The van der Waals surface area contributed by atoms with Gasteiger partial charge in [-0.15, -0.1) is 0 Å². The quantitative estimate of drug-likeness (QED) is 0.702. The van der Waals surface area contributed by atoms with E-state index in [1.54, 1.807) is 0 Å². The number of aromatic nitrogens is 2. The van der Waals surface area contributed by atoms with Gasteiger partial charge in [-0.1, -0.05) is 5.16 Å². The average Bonchev–Trinajstić information content (AvgIpc) is 2.76. The first kappa shape index (κ1) is 14.8. The molecule has 0 saturated carbocycles. The van der Waals surface area contributed by atoms with Crippen molar-refractivity contribution in [1.29, 1.82) is 0 Å². The van der Waals surface area contributed by atoms with Crippen LogP contribution in [0.3, 0.4) is 0 Å². The van der Waals surface area contributed by atoms with Gasteiger partial charge < -0.3 is 20.1 Å². The number of rotatable bonds is 7. The van der Waals surface area contributed by atoms with Crippen molar-refractivity contribution in [3.63, 3.8) is 0 Å². The number of ether oxygens (including phenoxy) is 1. The molecule has 1 aromatic heterocycles. The van der Waals surface area contributed by atoms with Gasteiger partial charge in [-0.25, -0.2) is 8.78 Å². The normalized spacial score (nSPS) is 14.2. The molecule has 1 atom stereocenters. The molecule has 3 N–H and O–H groups in total. The van der Waals surface area contributed by atoms with Crippen molar-refractivity contribution in [2.24, 2.45) is 5.73 Å². The third kappa shape index (κ3) is 3.89. The minimum absolute atomic E-state index is 0.100. The third-order valence-electron chi connectivity index (χ3n) is 1.84. The zero-order valence-electron chi connectivity index (χ0n) is 9.02. The molecule has 1 heterocycles. The van der Waals surface area contributed by atoms with Crippen molar-refractivity contribution in [3.05, 3.63) is 11.7 Å². The van der Waals surface area contributed by atoms with Gasteiger partial charge in [-0.3, -0.25) is 0 Å². The van der Waals surface area contributed by atoms with E-state index < -0.39 is 38.2 Å². The fourth-order valence-corrected chi connectivity index (χ4v) is 0.896. The highest BCUT2D eigenvalue weighted by molar-refractivity contribution is 4.90. The fraction of sp³-hybridized carbons (Fsp3) is 0.750. The third-order valence-corrected chi connectivity index (χ3v) is 1.84. The maximum absolute atomic E-state index is 12.4. The van der Waals surface area contributed by atoms with E-state index in [9.17, 15) is 17.6 Å². The molecule has 0 spiro atoms. The number of alkyl halides is 4. The summed E-state index contributed by atoms with van der Waals surface area (Å²) in [5.41, 5.74) is 5.34. The van der Waals surface area contributed by atoms with Crippen LogP contribution in [-0.2, 0) is 11.3 Å². The van der Waals surface area contributed by atoms with Crippen LogP contribution in [0, 0.1) is 0 Å². The zero-order chi connectivity index (χ0) is 13.8. The Balaban J connectivity index is 2.43. The molecule has 0 fully saturated rings. The van der Waals surface area contributed by atoms with Gasteiger partial charge in [0.15, 0.2) is 5.82 Å². The Morgan fingerprint density at radius 1 is 1.44 bits per heavy atom. The summed E-state index contributed by atoms with van der Waals surface area (Å²) in [5, 5.41) is 12.0. The molecule has 0 saturated heterocycles. The summed E-state index contributed by atoms with van der Waals surface area (Å²) < 4.78 is 57.4. The Labute approximate surface area is 98.7 Å². The standard InChI is InChI=1S/C8H11F4N3O3/c9-7(10)8(11,12)3-17-2-5-14-6(18-15-5)4(13)1-16/h4,7,16H,1-3,13H2. The van der Waals surface area contributed by atoms with Gasteiger partial charge in [0, 0.05) is 0 Å². The van der Waals surface area contributed by atoms with Crippen molar-refractivity contribution in [3.8, 4) is 0 Å². The Bertz CT molecular complexity index is 374. The molecular formula is C8H11F4N3O3. The van der Waals surface area contributed by atoms with E-state index in [-0.39, 0.29) is 11.7 Å². The van der Waals surface area contributed by atoms with Crippen LogP contribution in [0.4, 0.5) is 17.6 Å². The van der Waals surface area contributed by atoms with Gasteiger partial charge >= 0.3 is 12.3 Å². The topological polar surface area (TPSA) is 94.4 Å². The SMILES string of the molecule is NC(CO)c1nc(COCC(F)(F)C(F)F)no1. The van der Waals surface area contributed by atoms with Crippen LogP contribution in [0.1, 0.15) is 17.8 Å². The lowest BCUT2D eigenvalue weighted by molar-refractivity contribution is -0.168. The zero-order valence-corrected chi connectivity index (χ0v) is 9.02. The average molecular weight is 273 g/mol. The van der Waals surface area contributed by atoms with Crippen molar-refractivity contribution >= 4 is 0 Å². The van der Waals surface area contributed by atoms with Crippen molar-refractivity contribution in [2.45, 2.75) is 25.0 Å². The molecule has 1 aromatic rings. The number of aliphatic hydroxyl groups excluding tert-OH is 1. The summed E-state index contributed by atoms with van der Waals surface area (Å²) in [5.74, 6) is -4.45. The molecule has 0 amide bonds. The van der Waals surface area contributed by atoms with E-state index in [1.807, 2.05) is 0 Å². The highest BCUT2D eigenvalue weighted by Gasteiger charge is 2.41. The molecule has 0 aliphatic rings. The molecule has 1 unspecified atom stereocenters. The Morgan fingerprint density at radius 2 is 2.11 bits per heavy atom. The number of nitrogens with two attached hydrogens (primary N) is 1. The monoisotopic (exact) mass is 273 g/mol. The lowest BCUT2D eigenvalue weighted by atomic mass is 10.3. The molecule has 6 nitrogen and oxygen atoms in total. The van der Waals surface area contributed by atoms with Gasteiger partial charge in [0.05, 0.1) is 6.61 Å². The van der Waals surface area contributed by atoms with E-state index in [1.165, 1.54) is 0 Å². The second-order valence-corrected chi connectivity index (χ2v) is 3.39. The summed E-state index contributed by atoms with van der Waals surface area (Å²) in [7, 11) is 0. The molecule has 18 heavy (non-hydrogen) atoms. The van der Waals surface area contributed by atoms with E-state index in [0.717, 1.165) is 0 Å². The molecule has 0 aromatic carbocycles. The van der Waals surface area contributed by atoms with Crippen LogP contribution in [0.25, 0.3) is 0 Å². The predicted octanol–water partition coefficient (Wildman–Crippen LogP) is 0.479. The lowest BCUT2D eigenvalue weighted by Gasteiger charge is -2.14. The lowest BCUT2D eigenvalue weighted by Crippen LogP contribution is -2.32. The van der Waals surface area contributed by atoms with Crippen LogP contribution in [0.15, 0.2) is 4.52 Å². The molecule has 0 bridgehead atoms. The smallest absolute Gasteiger partial charge is 0.330 e. The van der Waals surface area contributed by atoms with Crippen molar-refractivity contribution in [1.82, 2.24) is 10.1 Å². The van der Waals surface area contributed by atoms with E-state index in [0.29, 0.717) is 0 Å². The van der Waals surface area contributed by atoms with E-state index >= 15 is 0 Å².